The largest absolute Gasteiger partial charge is 0.366 e. The van der Waals surface area contributed by atoms with Gasteiger partial charge < -0.3 is 9.64 Å². The monoisotopic (exact) mass is 334 g/mol. The fourth-order valence-electron chi connectivity index (χ4n) is 2.75. The van der Waals surface area contributed by atoms with Crippen molar-refractivity contribution in [1.29, 1.82) is 0 Å². The Morgan fingerprint density at radius 3 is 3.22 bits per heavy atom. The highest BCUT2D eigenvalue weighted by atomic mass is 32.1. The van der Waals surface area contributed by atoms with E-state index in [0.717, 1.165) is 24.2 Å². The normalized spacial score (nSPS) is 19.7. The highest BCUT2D eigenvalue weighted by molar-refractivity contribution is 7.08. The van der Waals surface area contributed by atoms with Gasteiger partial charge in [0, 0.05) is 13.0 Å². The molecule has 3 rings (SSSR count). The molecule has 23 heavy (non-hydrogen) atoms. The number of aromatic nitrogens is 3. The van der Waals surface area contributed by atoms with E-state index in [2.05, 4.69) is 22.1 Å². The van der Waals surface area contributed by atoms with Crippen molar-refractivity contribution < 1.29 is 9.53 Å². The molecule has 1 aliphatic heterocycles. The third kappa shape index (κ3) is 3.61. The lowest BCUT2D eigenvalue weighted by molar-refractivity contribution is -0.140. The highest BCUT2D eigenvalue weighted by Gasteiger charge is 2.30. The summed E-state index contributed by atoms with van der Waals surface area (Å²) in [5.74, 6) is 1.54. The minimum atomic E-state index is -0.246. The number of H-pyrrole nitrogens is 1. The number of ether oxygens (including phenoxy) is 1. The molecule has 1 N–H and O–H groups in total. The van der Waals surface area contributed by atoms with Gasteiger partial charge in [-0.25, -0.2) is 4.98 Å². The number of thiophene rings is 1. The number of rotatable bonds is 5. The molecule has 1 aliphatic rings. The van der Waals surface area contributed by atoms with E-state index in [0.29, 0.717) is 25.5 Å². The van der Waals surface area contributed by atoms with E-state index in [-0.39, 0.29) is 17.9 Å². The second-order valence-corrected chi connectivity index (χ2v) is 6.59. The SMILES string of the molecule is CCCc1nc(C2CN(C(=O)C(C)c3ccsc3)CCO2)n[nH]1. The number of hydrogen-bond donors (Lipinski definition) is 1. The van der Waals surface area contributed by atoms with Gasteiger partial charge in [0.05, 0.1) is 19.1 Å². The first kappa shape index (κ1) is 16.1. The van der Waals surface area contributed by atoms with Crippen molar-refractivity contribution in [2.24, 2.45) is 0 Å². The number of morpholine rings is 1. The van der Waals surface area contributed by atoms with Crippen molar-refractivity contribution in [2.45, 2.75) is 38.7 Å². The zero-order chi connectivity index (χ0) is 16.2. The summed E-state index contributed by atoms with van der Waals surface area (Å²) in [4.78, 5) is 19.1. The van der Waals surface area contributed by atoms with Crippen LogP contribution in [0, 0.1) is 0 Å². The smallest absolute Gasteiger partial charge is 0.230 e. The number of nitrogens with zero attached hydrogens (tertiary/aromatic N) is 3. The second kappa shape index (κ2) is 7.23. The quantitative estimate of drug-likeness (QED) is 0.912. The first-order valence-corrected chi connectivity index (χ1v) is 8.97. The number of nitrogens with one attached hydrogen (secondary N) is 1. The molecule has 2 aromatic heterocycles. The summed E-state index contributed by atoms with van der Waals surface area (Å²) in [6.45, 7) is 5.71. The molecule has 0 bridgehead atoms. The Balaban J connectivity index is 1.66. The van der Waals surface area contributed by atoms with Crippen molar-refractivity contribution in [3.63, 3.8) is 0 Å². The molecule has 0 spiro atoms. The molecule has 2 aromatic rings. The predicted molar refractivity (Wildman–Crippen MR) is 88.4 cm³/mol. The van der Waals surface area contributed by atoms with Crippen LogP contribution < -0.4 is 0 Å². The molecule has 1 fully saturated rings. The third-order valence-corrected chi connectivity index (χ3v) is 4.82. The zero-order valence-corrected chi connectivity index (χ0v) is 14.3. The summed E-state index contributed by atoms with van der Waals surface area (Å²) in [5.41, 5.74) is 1.08. The Bertz CT molecular complexity index is 640. The molecular formula is C16H22N4O2S. The second-order valence-electron chi connectivity index (χ2n) is 5.81. The fraction of sp³-hybridized carbons (Fsp3) is 0.562. The van der Waals surface area contributed by atoms with Crippen LogP contribution >= 0.6 is 11.3 Å². The van der Waals surface area contributed by atoms with Gasteiger partial charge in [-0.1, -0.05) is 6.92 Å². The summed E-state index contributed by atoms with van der Waals surface area (Å²) in [6, 6.07) is 2.01. The van der Waals surface area contributed by atoms with Crippen LogP contribution in [0.3, 0.4) is 0 Å². The van der Waals surface area contributed by atoms with E-state index in [4.69, 9.17) is 4.74 Å². The Morgan fingerprint density at radius 2 is 2.48 bits per heavy atom. The maximum absolute atomic E-state index is 12.7. The Morgan fingerprint density at radius 1 is 1.61 bits per heavy atom. The molecule has 0 aliphatic carbocycles. The minimum absolute atomic E-state index is 0.122. The molecule has 0 aromatic carbocycles. The molecule has 3 heterocycles. The number of aryl methyl sites for hydroxylation is 1. The molecular weight excluding hydrogens is 312 g/mol. The van der Waals surface area contributed by atoms with Crippen LogP contribution in [0.25, 0.3) is 0 Å². The zero-order valence-electron chi connectivity index (χ0n) is 13.5. The van der Waals surface area contributed by atoms with Crippen molar-refractivity contribution in [1.82, 2.24) is 20.1 Å². The van der Waals surface area contributed by atoms with Gasteiger partial charge in [-0.05, 0) is 35.7 Å². The molecule has 124 valence electrons. The molecule has 2 atom stereocenters. The van der Waals surface area contributed by atoms with Crippen LogP contribution in [0.2, 0.25) is 0 Å². The highest BCUT2D eigenvalue weighted by Crippen LogP contribution is 2.25. The lowest BCUT2D eigenvalue weighted by Gasteiger charge is -2.33. The summed E-state index contributed by atoms with van der Waals surface area (Å²) >= 11 is 1.62. The summed E-state index contributed by atoms with van der Waals surface area (Å²) in [7, 11) is 0. The lowest BCUT2D eigenvalue weighted by Crippen LogP contribution is -2.44. The summed E-state index contributed by atoms with van der Waals surface area (Å²) < 4.78 is 5.77. The van der Waals surface area contributed by atoms with Gasteiger partial charge in [-0.3, -0.25) is 9.89 Å². The van der Waals surface area contributed by atoms with Crippen molar-refractivity contribution in [3.8, 4) is 0 Å². The van der Waals surface area contributed by atoms with E-state index in [1.807, 2.05) is 28.7 Å². The number of amides is 1. The fourth-order valence-corrected chi connectivity index (χ4v) is 3.50. The minimum Gasteiger partial charge on any atom is -0.366 e. The Hall–Kier alpha value is -1.73. The first-order chi connectivity index (χ1) is 11.2. The van der Waals surface area contributed by atoms with Crippen LogP contribution in [0.5, 0.6) is 0 Å². The summed E-state index contributed by atoms with van der Waals surface area (Å²) in [5, 5.41) is 11.2. The van der Waals surface area contributed by atoms with Gasteiger partial charge >= 0.3 is 0 Å². The van der Waals surface area contributed by atoms with E-state index in [1.165, 1.54) is 0 Å². The maximum atomic E-state index is 12.7. The van der Waals surface area contributed by atoms with Crippen molar-refractivity contribution in [2.75, 3.05) is 19.7 Å². The van der Waals surface area contributed by atoms with E-state index in [9.17, 15) is 4.79 Å². The number of carbonyl (C=O) groups is 1. The van der Waals surface area contributed by atoms with E-state index >= 15 is 0 Å². The van der Waals surface area contributed by atoms with Crippen molar-refractivity contribution >= 4 is 17.2 Å². The van der Waals surface area contributed by atoms with Crippen LogP contribution in [0.1, 0.15) is 49.5 Å². The van der Waals surface area contributed by atoms with Gasteiger partial charge in [0.15, 0.2) is 5.82 Å². The average molecular weight is 334 g/mol. The van der Waals surface area contributed by atoms with Crippen LogP contribution in [-0.2, 0) is 16.0 Å². The molecule has 7 heteroatoms. The van der Waals surface area contributed by atoms with Gasteiger partial charge in [-0.2, -0.15) is 16.4 Å². The molecule has 0 radical (unpaired) electrons. The Kier molecular flexibility index (Phi) is 5.07. The van der Waals surface area contributed by atoms with E-state index in [1.54, 1.807) is 11.3 Å². The van der Waals surface area contributed by atoms with Gasteiger partial charge in [0.25, 0.3) is 0 Å². The van der Waals surface area contributed by atoms with E-state index < -0.39 is 0 Å². The Labute approximate surface area is 139 Å². The maximum Gasteiger partial charge on any atom is 0.230 e. The topological polar surface area (TPSA) is 71.1 Å². The lowest BCUT2D eigenvalue weighted by atomic mass is 10.0. The standard InChI is InChI=1S/C16H22N4O2S/c1-3-4-14-17-15(19-18-14)13-9-20(6-7-22-13)16(21)11(2)12-5-8-23-10-12/h5,8,10-11,13H,3-4,6-7,9H2,1-2H3,(H,17,18,19). The van der Waals surface area contributed by atoms with Crippen LogP contribution in [0.4, 0.5) is 0 Å². The summed E-state index contributed by atoms with van der Waals surface area (Å²) in [6.07, 6.45) is 1.64. The number of carbonyl (C=O) groups excluding carboxylic acids is 1. The van der Waals surface area contributed by atoms with Gasteiger partial charge in [0.2, 0.25) is 5.91 Å². The number of hydrogen-bond acceptors (Lipinski definition) is 5. The average Bonchev–Trinajstić information content (AvgIpc) is 3.26. The predicted octanol–water partition coefficient (Wildman–Crippen LogP) is 2.52. The third-order valence-electron chi connectivity index (χ3n) is 4.12. The molecule has 0 saturated carbocycles. The van der Waals surface area contributed by atoms with Gasteiger partial charge in [-0.15, -0.1) is 0 Å². The number of aromatic amines is 1. The molecule has 1 saturated heterocycles. The van der Waals surface area contributed by atoms with Crippen LogP contribution in [-0.4, -0.2) is 45.7 Å². The first-order valence-electron chi connectivity index (χ1n) is 8.02. The van der Waals surface area contributed by atoms with Crippen LogP contribution in [0.15, 0.2) is 16.8 Å². The molecule has 1 amide bonds. The molecule has 2 unspecified atom stereocenters. The molecule has 6 nitrogen and oxygen atoms in total. The van der Waals surface area contributed by atoms with Crippen molar-refractivity contribution in [3.05, 3.63) is 34.0 Å². The van der Waals surface area contributed by atoms with Gasteiger partial charge in [0.1, 0.15) is 11.9 Å².